The second-order valence-electron chi connectivity index (χ2n) is 4.60. The van der Waals surface area contributed by atoms with E-state index in [1.165, 1.54) is 12.8 Å². The largest absolute Gasteiger partial charge is 0.478 e. The van der Waals surface area contributed by atoms with Crippen molar-refractivity contribution in [1.82, 2.24) is 15.3 Å². The highest BCUT2D eigenvalue weighted by Crippen LogP contribution is 2.23. The zero-order valence-electron chi connectivity index (χ0n) is 11.8. The molecule has 2 heterocycles. The number of rotatable bonds is 5. The molecule has 1 atom stereocenters. The Morgan fingerprint density at radius 3 is 3.00 bits per heavy atom. The SMILES string of the molecule is CCOc1cc(N(C)[C@H]2CCCNC2)nc(SC)n1. The number of ether oxygens (including phenoxy) is 1. The van der Waals surface area contributed by atoms with Crippen LogP contribution in [0.4, 0.5) is 5.82 Å². The standard InChI is InChI=1S/C13H22N4OS/c1-4-18-12-8-11(15-13(16-12)19-3)17(2)10-6-5-7-14-9-10/h8,10,14H,4-7,9H2,1-3H3/t10-/m0/s1. The molecule has 0 radical (unpaired) electrons. The maximum absolute atomic E-state index is 5.52. The van der Waals surface area contributed by atoms with E-state index in [-0.39, 0.29) is 0 Å². The topological polar surface area (TPSA) is 50.3 Å². The summed E-state index contributed by atoms with van der Waals surface area (Å²) in [5, 5.41) is 4.19. The molecule has 0 bridgehead atoms. The number of hydrogen-bond acceptors (Lipinski definition) is 6. The van der Waals surface area contributed by atoms with Gasteiger partial charge in [0.2, 0.25) is 5.88 Å². The Bertz CT molecular complexity index is 410. The summed E-state index contributed by atoms with van der Waals surface area (Å²) in [5.74, 6) is 1.60. The monoisotopic (exact) mass is 282 g/mol. The highest BCUT2D eigenvalue weighted by Gasteiger charge is 2.20. The molecule has 0 saturated carbocycles. The van der Waals surface area contributed by atoms with Gasteiger partial charge in [0.15, 0.2) is 5.16 Å². The molecule has 2 rings (SSSR count). The summed E-state index contributed by atoms with van der Waals surface area (Å²) in [6.07, 6.45) is 4.40. The van der Waals surface area contributed by atoms with Crippen molar-refractivity contribution in [3.63, 3.8) is 0 Å². The number of likely N-dealkylation sites (N-methyl/N-ethyl adjacent to an activating group) is 1. The number of piperidine rings is 1. The van der Waals surface area contributed by atoms with Crippen LogP contribution in [-0.2, 0) is 0 Å². The van der Waals surface area contributed by atoms with Crippen molar-refractivity contribution in [1.29, 1.82) is 0 Å². The second kappa shape index (κ2) is 6.96. The highest BCUT2D eigenvalue weighted by atomic mass is 32.2. The van der Waals surface area contributed by atoms with E-state index in [0.29, 0.717) is 18.5 Å². The van der Waals surface area contributed by atoms with Crippen LogP contribution in [0.25, 0.3) is 0 Å². The maximum atomic E-state index is 5.52. The molecule has 0 unspecified atom stereocenters. The van der Waals surface area contributed by atoms with Crippen molar-refractivity contribution in [2.75, 3.05) is 37.9 Å². The molecule has 0 amide bonds. The fourth-order valence-corrected chi connectivity index (χ4v) is 2.60. The summed E-state index contributed by atoms with van der Waals surface area (Å²) in [6.45, 7) is 4.72. The maximum Gasteiger partial charge on any atom is 0.219 e. The van der Waals surface area contributed by atoms with Gasteiger partial charge in [-0.25, -0.2) is 4.98 Å². The van der Waals surface area contributed by atoms with E-state index >= 15 is 0 Å². The first-order valence-corrected chi connectivity index (χ1v) is 7.96. The van der Waals surface area contributed by atoms with Crippen LogP contribution in [0, 0.1) is 0 Å². The van der Waals surface area contributed by atoms with Crippen LogP contribution >= 0.6 is 11.8 Å². The van der Waals surface area contributed by atoms with Crippen molar-refractivity contribution in [3.8, 4) is 5.88 Å². The summed E-state index contributed by atoms with van der Waals surface area (Å²) in [7, 11) is 2.10. The molecule has 0 aromatic carbocycles. The summed E-state index contributed by atoms with van der Waals surface area (Å²) in [6, 6.07) is 2.42. The van der Waals surface area contributed by atoms with Crippen molar-refractivity contribution in [2.24, 2.45) is 0 Å². The van der Waals surface area contributed by atoms with Gasteiger partial charge in [0.25, 0.3) is 0 Å². The van der Waals surface area contributed by atoms with Crippen molar-refractivity contribution < 1.29 is 4.74 Å². The smallest absolute Gasteiger partial charge is 0.219 e. The highest BCUT2D eigenvalue weighted by molar-refractivity contribution is 7.98. The lowest BCUT2D eigenvalue weighted by molar-refractivity contribution is 0.323. The molecule has 1 aliphatic heterocycles. The van der Waals surface area contributed by atoms with Crippen LogP contribution < -0.4 is 15.0 Å². The molecule has 6 heteroatoms. The van der Waals surface area contributed by atoms with Crippen molar-refractivity contribution in [2.45, 2.75) is 31.0 Å². The molecular weight excluding hydrogens is 260 g/mol. The Morgan fingerprint density at radius 2 is 2.37 bits per heavy atom. The lowest BCUT2D eigenvalue weighted by atomic mass is 10.1. The normalized spacial score (nSPS) is 19.2. The predicted octanol–water partition coefficient (Wildman–Crippen LogP) is 1.79. The number of aromatic nitrogens is 2. The van der Waals surface area contributed by atoms with Crippen LogP contribution in [0.1, 0.15) is 19.8 Å². The van der Waals surface area contributed by atoms with Gasteiger partial charge in [-0.15, -0.1) is 0 Å². The second-order valence-corrected chi connectivity index (χ2v) is 5.37. The lowest BCUT2D eigenvalue weighted by Gasteiger charge is -2.32. The molecule has 19 heavy (non-hydrogen) atoms. The van der Waals surface area contributed by atoms with E-state index in [4.69, 9.17) is 4.74 Å². The van der Waals surface area contributed by atoms with E-state index < -0.39 is 0 Å². The van der Waals surface area contributed by atoms with Gasteiger partial charge in [-0.05, 0) is 32.6 Å². The Hall–Kier alpha value is -1.01. The number of anilines is 1. The third-order valence-corrected chi connectivity index (χ3v) is 3.87. The minimum Gasteiger partial charge on any atom is -0.478 e. The minimum absolute atomic E-state index is 0.493. The Balaban J connectivity index is 2.18. The molecule has 106 valence electrons. The summed E-state index contributed by atoms with van der Waals surface area (Å²) < 4.78 is 5.52. The lowest BCUT2D eigenvalue weighted by Crippen LogP contribution is -2.44. The van der Waals surface area contributed by atoms with Crippen LogP contribution in [0.5, 0.6) is 5.88 Å². The molecule has 5 nitrogen and oxygen atoms in total. The summed E-state index contributed by atoms with van der Waals surface area (Å²) in [5.41, 5.74) is 0. The molecule has 1 aromatic rings. The fourth-order valence-electron chi connectivity index (χ4n) is 2.24. The van der Waals surface area contributed by atoms with E-state index in [2.05, 4.69) is 27.2 Å². The van der Waals surface area contributed by atoms with Crippen molar-refractivity contribution >= 4 is 17.6 Å². The van der Waals surface area contributed by atoms with Gasteiger partial charge in [-0.1, -0.05) is 11.8 Å². The third kappa shape index (κ3) is 3.73. The average molecular weight is 282 g/mol. The molecule has 1 saturated heterocycles. The summed E-state index contributed by atoms with van der Waals surface area (Å²) >= 11 is 1.54. The number of nitrogens with one attached hydrogen (secondary N) is 1. The number of hydrogen-bond donors (Lipinski definition) is 1. The van der Waals surface area contributed by atoms with Crippen LogP contribution in [0.3, 0.4) is 0 Å². The minimum atomic E-state index is 0.493. The van der Waals surface area contributed by atoms with Gasteiger partial charge >= 0.3 is 0 Å². The first-order chi connectivity index (χ1) is 9.24. The average Bonchev–Trinajstić information content (AvgIpc) is 2.47. The molecule has 1 aromatic heterocycles. The Morgan fingerprint density at radius 1 is 1.53 bits per heavy atom. The molecular formula is C13H22N4OS. The van der Waals surface area contributed by atoms with Crippen LogP contribution in [-0.4, -0.2) is 49.0 Å². The first kappa shape index (κ1) is 14.4. The quantitative estimate of drug-likeness (QED) is 0.656. The molecule has 1 aliphatic rings. The van der Waals surface area contributed by atoms with Crippen molar-refractivity contribution in [3.05, 3.63) is 6.07 Å². The van der Waals surface area contributed by atoms with Gasteiger partial charge in [0, 0.05) is 25.7 Å². The van der Waals surface area contributed by atoms with Crippen LogP contribution in [0.2, 0.25) is 0 Å². The zero-order valence-corrected chi connectivity index (χ0v) is 12.7. The summed E-state index contributed by atoms with van der Waals surface area (Å²) in [4.78, 5) is 11.2. The van der Waals surface area contributed by atoms with E-state index in [1.807, 2.05) is 19.2 Å². The Kier molecular flexibility index (Phi) is 5.27. The van der Waals surface area contributed by atoms with E-state index in [0.717, 1.165) is 24.1 Å². The van der Waals surface area contributed by atoms with Crippen LogP contribution in [0.15, 0.2) is 11.2 Å². The molecule has 1 N–H and O–H groups in total. The third-order valence-electron chi connectivity index (χ3n) is 3.32. The van der Waals surface area contributed by atoms with E-state index in [1.54, 1.807) is 11.8 Å². The number of thioether (sulfide) groups is 1. The first-order valence-electron chi connectivity index (χ1n) is 6.74. The van der Waals surface area contributed by atoms with Gasteiger partial charge < -0.3 is 15.0 Å². The number of nitrogens with zero attached hydrogens (tertiary/aromatic N) is 3. The van der Waals surface area contributed by atoms with E-state index in [9.17, 15) is 0 Å². The molecule has 0 spiro atoms. The predicted molar refractivity (Wildman–Crippen MR) is 79.3 cm³/mol. The molecule has 0 aliphatic carbocycles. The Labute approximate surface area is 119 Å². The zero-order chi connectivity index (χ0) is 13.7. The fraction of sp³-hybridized carbons (Fsp3) is 0.692. The molecule has 1 fully saturated rings. The van der Waals surface area contributed by atoms with Gasteiger partial charge in [-0.3, -0.25) is 0 Å². The van der Waals surface area contributed by atoms with Gasteiger partial charge in [0.1, 0.15) is 5.82 Å². The van der Waals surface area contributed by atoms with Gasteiger partial charge in [0.05, 0.1) is 6.61 Å². The van der Waals surface area contributed by atoms with Gasteiger partial charge in [-0.2, -0.15) is 4.98 Å².